The zero-order valence-corrected chi connectivity index (χ0v) is 10.8. The molecule has 0 aliphatic rings. The minimum Gasteiger partial charge on any atom is -0.356 e. The zero-order valence-electron chi connectivity index (χ0n) is 9.19. The Hall–Kier alpha value is -0.0700. The molecule has 0 radical (unpaired) electrons. The molecule has 1 atom stereocenters. The molecule has 86 valence electrons. The van der Waals surface area contributed by atoms with Crippen LogP contribution in [0.25, 0.3) is 0 Å². The predicted octanol–water partition coefficient (Wildman–Crippen LogP) is 2.95. The fraction of sp³-hybridized carbons (Fsp3) is 0.600. The van der Waals surface area contributed by atoms with Gasteiger partial charge in [-0.15, -0.1) is 23.1 Å². The average Bonchev–Trinajstić information content (AvgIpc) is 2.71. The highest BCUT2D eigenvalue weighted by molar-refractivity contribution is 7.98. The van der Waals surface area contributed by atoms with Crippen molar-refractivity contribution in [3.05, 3.63) is 16.3 Å². The summed E-state index contributed by atoms with van der Waals surface area (Å²) >= 11 is 3.44. The molecule has 0 N–H and O–H groups in total. The van der Waals surface area contributed by atoms with Gasteiger partial charge >= 0.3 is 0 Å². The molecule has 0 bridgehead atoms. The Labute approximate surface area is 98.7 Å². The highest BCUT2D eigenvalue weighted by Gasteiger charge is 2.03. The quantitative estimate of drug-likeness (QED) is 0.421. The number of hydrogen-bond donors (Lipinski definition) is 0. The largest absolute Gasteiger partial charge is 0.356 e. The predicted molar refractivity (Wildman–Crippen MR) is 63.3 cm³/mol. The number of thioether (sulfide) groups is 1. The number of methoxy groups -OCH3 is 1. The van der Waals surface area contributed by atoms with E-state index in [1.165, 1.54) is 9.77 Å². The molecule has 5 heteroatoms. The summed E-state index contributed by atoms with van der Waals surface area (Å²) in [4.78, 5) is 2.52. The van der Waals surface area contributed by atoms with Gasteiger partial charge in [-0.2, -0.15) is 0 Å². The van der Waals surface area contributed by atoms with Crippen molar-refractivity contribution in [2.45, 2.75) is 24.7 Å². The topological polar surface area (TPSA) is 27.7 Å². The highest BCUT2D eigenvalue weighted by Crippen LogP contribution is 2.26. The first kappa shape index (κ1) is 13.0. The lowest BCUT2D eigenvalue weighted by Gasteiger charge is -2.10. The molecule has 0 aromatic carbocycles. The molecule has 1 aromatic heterocycles. The number of rotatable bonds is 7. The van der Waals surface area contributed by atoms with E-state index in [0.29, 0.717) is 6.61 Å². The van der Waals surface area contributed by atoms with Crippen molar-refractivity contribution >= 4 is 23.1 Å². The first-order chi connectivity index (χ1) is 7.27. The lowest BCUT2D eigenvalue weighted by Crippen LogP contribution is -2.12. The molecule has 0 aliphatic carbocycles. The Morgan fingerprint density at radius 2 is 2.33 bits per heavy atom. The monoisotopic (exact) mass is 248 g/mol. The molecule has 1 heterocycles. The van der Waals surface area contributed by atoms with Crippen molar-refractivity contribution in [1.82, 2.24) is 0 Å². The highest BCUT2D eigenvalue weighted by atomic mass is 32.2. The average molecular weight is 248 g/mol. The van der Waals surface area contributed by atoms with Gasteiger partial charge in [-0.3, -0.25) is 0 Å². The molecule has 0 fully saturated rings. The van der Waals surface area contributed by atoms with Gasteiger partial charge in [0.2, 0.25) is 0 Å². The van der Waals surface area contributed by atoms with Gasteiger partial charge in [0.1, 0.15) is 6.79 Å². The van der Waals surface area contributed by atoms with Crippen LogP contribution in [0.1, 0.15) is 11.8 Å². The molecule has 3 nitrogen and oxygen atoms in total. The van der Waals surface area contributed by atoms with Crippen molar-refractivity contribution < 1.29 is 14.2 Å². The van der Waals surface area contributed by atoms with Crippen LogP contribution in [0.5, 0.6) is 0 Å². The van der Waals surface area contributed by atoms with Crippen LogP contribution in [-0.2, 0) is 20.8 Å². The smallest absolute Gasteiger partial charge is 0.157 e. The van der Waals surface area contributed by atoms with Crippen molar-refractivity contribution in [2.75, 3.05) is 20.2 Å². The van der Waals surface area contributed by atoms with Crippen LogP contribution in [0.3, 0.4) is 0 Å². The molecule has 0 saturated heterocycles. The minimum absolute atomic E-state index is 0.214. The Kier molecular flexibility index (Phi) is 6.28. The molecule has 0 saturated carbocycles. The van der Waals surface area contributed by atoms with E-state index in [1.54, 1.807) is 30.2 Å². The van der Waals surface area contributed by atoms with Gasteiger partial charge < -0.3 is 14.2 Å². The van der Waals surface area contributed by atoms with E-state index in [4.69, 9.17) is 14.2 Å². The standard InChI is InChI=1S/C10H16O3S2/c1-8(11-2)13-7-12-6-10-9(14-3)4-5-15-10/h4-5,8H,6-7H2,1-3H3. The van der Waals surface area contributed by atoms with Gasteiger partial charge in [-0.25, -0.2) is 0 Å². The van der Waals surface area contributed by atoms with Crippen LogP contribution in [0.4, 0.5) is 0 Å². The molecular weight excluding hydrogens is 232 g/mol. The van der Waals surface area contributed by atoms with Gasteiger partial charge in [-0.1, -0.05) is 0 Å². The maximum atomic E-state index is 5.39. The van der Waals surface area contributed by atoms with Crippen molar-refractivity contribution in [3.63, 3.8) is 0 Å². The zero-order chi connectivity index (χ0) is 11.1. The normalized spacial score (nSPS) is 13.0. The van der Waals surface area contributed by atoms with Crippen LogP contribution in [0, 0.1) is 0 Å². The Morgan fingerprint density at radius 1 is 1.53 bits per heavy atom. The van der Waals surface area contributed by atoms with Crippen LogP contribution in [-0.4, -0.2) is 26.4 Å². The number of thiophene rings is 1. The van der Waals surface area contributed by atoms with Crippen molar-refractivity contribution in [1.29, 1.82) is 0 Å². The Bertz CT molecular complexity index is 275. The van der Waals surface area contributed by atoms with E-state index < -0.39 is 0 Å². The molecule has 1 unspecified atom stereocenters. The summed E-state index contributed by atoms with van der Waals surface area (Å²) in [5, 5.41) is 2.07. The second-order valence-corrected chi connectivity index (χ2v) is 4.70. The molecule has 15 heavy (non-hydrogen) atoms. The van der Waals surface area contributed by atoms with Crippen LogP contribution in [0.2, 0.25) is 0 Å². The fourth-order valence-corrected chi connectivity index (χ4v) is 2.64. The second kappa shape index (κ2) is 7.24. The number of hydrogen-bond acceptors (Lipinski definition) is 5. The van der Waals surface area contributed by atoms with Crippen LogP contribution < -0.4 is 0 Å². The summed E-state index contributed by atoms with van der Waals surface area (Å²) in [6.07, 6.45) is 1.85. The van der Waals surface area contributed by atoms with Crippen molar-refractivity contribution in [2.24, 2.45) is 0 Å². The van der Waals surface area contributed by atoms with Crippen molar-refractivity contribution in [3.8, 4) is 0 Å². The van der Waals surface area contributed by atoms with Crippen LogP contribution >= 0.6 is 23.1 Å². The third-order valence-corrected chi connectivity index (χ3v) is 3.72. The molecule has 0 aliphatic heterocycles. The van der Waals surface area contributed by atoms with E-state index in [1.807, 2.05) is 6.92 Å². The second-order valence-electron chi connectivity index (χ2n) is 2.85. The summed E-state index contributed by atoms with van der Waals surface area (Å²) in [6.45, 7) is 2.70. The summed E-state index contributed by atoms with van der Waals surface area (Å²) in [7, 11) is 1.61. The molecule has 1 aromatic rings. The van der Waals surface area contributed by atoms with E-state index in [-0.39, 0.29) is 13.1 Å². The van der Waals surface area contributed by atoms with Gasteiger partial charge in [0, 0.05) is 16.9 Å². The molecule has 0 amide bonds. The third kappa shape index (κ3) is 4.53. The van der Waals surface area contributed by atoms with E-state index in [0.717, 1.165) is 0 Å². The SMILES string of the molecule is COC(C)OCOCc1sccc1SC. The van der Waals surface area contributed by atoms with E-state index in [2.05, 4.69) is 17.7 Å². The summed E-state index contributed by atoms with van der Waals surface area (Å²) in [5.74, 6) is 0. The Morgan fingerprint density at radius 3 is 3.00 bits per heavy atom. The van der Waals surface area contributed by atoms with Gasteiger partial charge in [0.15, 0.2) is 6.29 Å². The minimum atomic E-state index is -0.214. The van der Waals surface area contributed by atoms with Crippen LogP contribution in [0.15, 0.2) is 16.3 Å². The lowest BCUT2D eigenvalue weighted by molar-refractivity contribution is -0.177. The number of ether oxygens (including phenoxy) is 3. The molecule has 1 rings (SSSR count). The van der Waals surface area contributed by atoms with Gasteiger partial charge in [-0.05, 0) is 24.6 Å². The summed E-state index contributed by atoms with van der Waals surface area (Å²) in [5.41, 5.74) is 0. The fourth-order valence-electron chi connectivity index (χ4n) is 0.962. The van der Waals surface area contributed by atoms with E-state index >= 15 is 0 Å². The summed E-state index contributed by atoms with van der Waals surface area (Å²) in [6, 6.07) is 2.10. The van der Waals surface area contributed by atoms with Gasteiger partial charge in [0.25, 0.3) is 0 Å². The molecular formula is C10H16O3S2. The maximum Gasteiger partial charge on any atom is 0.157 e. The third-order valence-electron chi connectivity index (χ3n) is 1.88. The first-order valence-corrected chi connectivity index (χ1v) is 6.71. The summed E-state index contributed by atoms with van der Waals surface area (Å²) < 4.78 is 15.5. The lowest BCUT2D eigenvalue weighted by atomic mass is 10.5. The van der Waals surface area contributed by atoms with E-state index in [9.17, 15) is 0 Å². The first-order valence-electron chi connectivity index (χ1n) is 4.60. The van der Waals surface area contributed by atoms with Gasteiger partial charge in [0.05, 0.1) is 6.61 Å². The maximum absolute atomic E-state index is 5.39. The molecule has 0 spiro atoms. The Balaban J connectivity index is 2.20.